The largest absolute Gasteiger partial charge is 0.278 e. The van der Waals surface area contributed by atoms with E-state index in [1.54, 1.807) is 0 Å². The molecule has 4 rings (SSSR count). The summed E-state index contributed by atoms with van der Waals surface area (Å²) in [6.07, 6.45) is 3.78. The average molecular weight is 415 g/mol. The van der Waals surface area contributed by atoms with Crippen molar-refractivity contribution >= 4 is 45.0 Å². The monoisotopic (exact) mass is 414 g/mol. The van der Waals surface area contributed by atoms with Gasteiger partial charge in [0.25, 0.3) is 0 Å². The van der Waals surface area contributed by atoms with Crippen LogP contribution in [0.5, 0.6) is 0 Å². The molecule has 0 radical (unpaired) electrons. The second kappa shape index (κ2) is 6.78. The molecule has 1 unspecified atom stereocenters. The molecule has 4 nitrogen and oxygen atoms in total. The number of rotatable bonds is 3. The van der Waals surface area contributed by atoms with Crippen LogP contribution in [0.2, 0.25) is 10.0 Å². The second-order valence-electron chi connectivity index (χ2n) is 8.59. The first-order valence-corrected chi connectivity index (χ1v) is 10.2. The summed E-state index contributed by atoms with van der Waals surface area (Å²) in [5.41, 5.74) is 5.36. The highest BCUT2D eigenvalue weighted by Gasteiger charge is 2.24. The molecule has 0 fully saturated rings. The van der Waals surface area contributed by atoms with E-state index in [4.69, 9.17) is 28.3 Å². The Labute approximate surface area is 174 Å². The van der Waals surface area contributed by atoms with Crippen LogP contribution in [0.3, 0.4) is 0 Å². The van der Waals surface area contributed by atoms with E-state index < -0.39 is 0 Å². The van der Waals surface area contributed by atoms with Crippen molar-refractivity contribution in [1.82, 2.24) is 20.0 Å². The van der Waals surface area contributed by atoms with Gasteiger partial charge in [-0.15, -0.1) is 0 Å². The molecule has 2 aromatic carbocycles. The van der Waals surface area contributed by atoms with E-state index in [0.717, 1.165) is 55.1 Å². The van der Waals surface area contributed by atoms with Crippen LogP contribution in [-0.2, 0) is 12.0 Å². The Morgan fingerprint density at radius 1 is 1.14 bits per heavy atom. The van der Waals surface area contributed by atoms with Gasteiger partial charge in [-0.1, -0.05) is 50.9 Å². The molecule has 0 aliphatic heterocycles. The van der Waals surface area contributed by atoms with Crippen molar-refractivity contribution in [3.05, 3.63) is 57.3 Å². The Morgan fingerprint density at radius 3 is 2.61 bits per heavy atom. The molecule has 1 atom stereocenters. The smallest absolute Gasteiger partial charge is 0.0689 e. The third-order valence-electron chi connectivity index (χ3n) is 5.37. The summed E-state index contributed by atoms with van der Waals surface area (Å²) < 4.78 is 2.06. The van der Waals surface area contributed by atoms with Gasteiger partial charge in [0.05, 0.1) is 23.4 Å². The molecule has 0 saturated heterocycles. The minimum Gasteiger partial charge on any atom is -0.278 e. The van der Waals surface area contributed by atoms with Gasteiger partial charge < -0.3 is 0 Å². The van der Waals surface area contributed by atoms with E-state index >= 15 is 0 Å². The summed E-state index contributed by atoms with van der Waals surface area (Å²) in [6.45, 7) is 11.5. The van der Waals surface area contributed by atoms with Gasteiger partial charge in [-0.3, -0.25) is 9.78 Å². The molecule has 28 heavy (non-hydrogen) atoms. The second-order valence-corrected chi connectivity index (χ2v) is 9.37. The van der Waals surface area contributed by atoms with Crippen LogP contribution in [0.4, 0.5) is 0 Å². The fraction of sp³-hybridized carbons (Fsp3) is 0.364. The summed E-state index contributed by atoms with van der Waals surface area (Å²) in [4.78, 5) is 0. The molecule has 0 saturated carbocycles. The number of aromatic amines is 1. The van der Waals surface area contributed by atoms with Crippen LogP contribution < -0.4 is 0 Å². The lowest BCUT2D eigenvalue weighted by molar-refractivity contribution is 0.560. The summed E-state index contributed by atoms with van der Waals surface area (Å²) in [5.74, 6) is 0.172. The van der Waals surface area contributed by atoms with E-state index in [9.17, 15) is 0 Å². The lowest BCUT2D eigenvalue weighted by Gasteiger charge is -2.23. The van der Waals surface area contributed by atoms with E-state index in [0.29, 0.717) is 0 Å². The third kappa shape index (κ3) is 3.09. The van der Waals surface area contributed by atoms with Crippen molar-refractivity contribution in [2.24, 2.45) is 0 Å². The van der Waals surface area contributed by atoms with Crippen molar-refractivity contribution in [3.8, 4) is 0 Å². The van der Waals surface area contributed by atoms with Crippen LogP contribution in [0.1, 0.15) is 50.3 Å². The zero-order valence-electron chi connectivity index (χ0n) is 16.8. The first-order chi connectivity index (χ1) is 13.2. The van der Waals surface area contributed by atoms with Crippen LogP contribution in [0, 0.1) is 6.92 Å². The van der Waals surface area contributed by atoms with Crippen molar-refractivity contribution < 1.29 is 0 Å². The molecule has 0 spiro atoms. The number of aryl methyl sites for hydroxylation is 1. The SMILES string of the molecule is Cc1cc2c(cnn2CC(C)c2c(Cl)ccc3[nH]ncc23)c(C(C)(C)C)c1Cl. The van der Waals surface area contributed by atoms with Crippen molar-refractivity contribution in [2.45, 2.75) is 52.5 Å². The Balaban J connectivity index is 1.82. The molecule has 0 bridgehead atoms. The molecule has 1 N–H and O–H groups in total. The van der Waals surface area contributed by atoms with Crippen molar-refractivity contribution in [3.63, 3.8) is 0 Å². The number of hydrogen-bond donors (Lipinski definition) is 1. The van der Waals surface area contributed by atoms with Gasteiger partial charge in [-0.2, -0.15) is 10.2 Å². The first kappa shape index (κ1) is 19.3. The van der Waals surface area contributed by atoms with E-state index in [1.807, 2.05) is 24.5 Å². The molecule has 4 aromatic rings. The first-order valence-electron chi connectivity index (χ1n) is 9.45. The summed E-state index contributed by atoms with van der Waals surface area (Å²) in [5, 5.41) is 15.7. The number of fused-ring (bicyclic) bond motifs is 2. The van der Waals surface area contributed by atoms with Crippen molar-refractivity contribution in [2.75, 3.05) is 0 Å². The maximum atomic E-state index is 6.68. The molecule has 146 valence electrons. The number of hydrogen-bond acceptors (Lipinski definition) is 2. The molecule has 6 heteroatoms. The zero-order valence-corrected chi connectivity index (χ0v) is 18.3. The average Bonchev–Trinajstić information content (AvgIpc) is 3.22. The number of halogens is 2. The minimum absolute atomic E-state index is 0.0630. The third-order valence-corrected chi connectivity index (χ3v) is 6.19. The molecule has 2 aromatic heterocycles. The number of aromatic nitrogens is 4. The topological polar surface area (TPSA) is 46.5 Å². The Kier molecular flexibility index (Phi) is 4.67. The Morgan fingerprint density at radius 2 is 1.89 bits per heavy atom. The lowest BCUT2D eigenvalue weighted by atomic mass is 9.84. The van der Waals surface area contributed by atoms with Crippen LogP contribution >= 0.6 is 23.2 Å². The lowest BCUT2D eigenvalue weighted by Crippen LogP contribution is -2.13. The molecule has 0 aliphatic rings. The highest BCUT2D eigenvalue weighted by Crippen LogP contribution is 2.39. The number of nitrogens with zero attached hydrogens (tertiary/aromatic N) is 3. The van der Waals surface area contributed by atoms with Gasteiger partial charge >= 0.3 is 0 Å². The Hall–Kier alpha value is -2.04. The van der Waals surface area contributed by atoms with E-state index in [2.05, 4.69) is 55.6 Å². The van der Waals surface area contributed by atoms with Gasteiger partial charge in [0.15, 0.2) is 0 Å². The fourth-order valence-electron chi connectivity index (χ4n) is 4.07. The molecule has 2 heterocycles. The molecule has 0 amide bonds. The fourth-order valence-corrected chi connectivity index (χ4v) is 4.86. The number of nitrogens with one attached hydrogen (secondary N) is 1. The molecule has 0 aliphatic carbocycles. The summed E-state index contributed by atoms with van der Waals surface area (Å²) in [6, 6.07) is 6.02. The maximum absolute atomic E-state index is 6.68. The minimum atomic E-state index is -0.0630. The van der Waals surface area contributed by atoms with E-state index in [-0.39, 0.29) is 11.3 Å². The summed E-state index contributed by atoms with van der Waals surface area (Å²) in [7, 11) is 0. The maximum Gasteiger partial charge on any atom is 0.0689 e. The predicted molar refractivity (Wildman–Crippen MR) is 118 cm³/mol. The number of benzene rings is 2. The van der Waals surface area contributed by atoms with Gasteiger partial charge in [-0.25, -0.2) is 0 Å². The zero-order chi connectivity index (χ0) is 20.2. The van der Waals surface area contributed by atoms with Crippen molar-refractivity contribution in [1.29, 1.82) is 0 Å². The highest BCUT2D eigenvalue weighted by atomic mass is 35.5. The van der Waals surface area contributed by atoms with Crippen LogP contribution in [-0.4, -0.2) is 20.0 Å². The van der Waals surface area contributed by atoms with Gasteiger partial charge in [0.2, 0.25) is 0 Å². The predicted octanol–water partition coefficient (Wildman–Crippen LogP) is 6.63. The van der Waals surface area contributed by atoms with Gasteiger partial charge in [0.1, 0.15) is 0 Å². The molecular formula is C22H24Cl2N4. The normalized spacial score (nSPS) is 13.5. The van der Waals surface area contributed by atoms with Gasteiger partial charge in [-0.05, 0) is 47.2 Å². The Bertz CT molecular complexity index is 1180. The molecular weight excluding hydrogens is 391 g/mol. The highest BCUT2D eigenvalue weighted by molar-refractivity contribution is 6.33. The van der Waals surface area contributed by atoms with E-state index in [1.165, 1.54) is 0 Å². The van der Waals surface area contributed by atoms with Crippen LogP contribution in [0.15, 0.2) is 30.6 Å². The quantitative estimate of drug-likeness (QED) is 0.408. The standard InChI is InChI=1S/C22H24Cl2N4/c1-12-8-18-15(20(21(12)24)22(3,4)5)10-26-28(18)11-13(2)19-14-9-25-27-17(14)7-6-16(19)23/h6-10,13H,11H2,1-5H3,(H,25,27). The summed E-state index contributed by atoms with van der Waals surface area (Å²) >= 11 is 13.2. The van der Waals surface area contributed by atoms with Crippen LogP contribution in [0.25, 0.3) is 21.8 Å². The van der Waals surface area contributed by atoms with Gasteiger partial charge in [0, 0.05) is 33.3 Å². The number of H-pyrrole nitrogens is 1.